The van der Waals surface area contributed by atoms with Crippen LogP contribution in [0.1, 0.15) is 39.4 Å². The van der Waals surface area contributed by atoms with Crippen molar-refractivity contribution in [3.8, 4) is 0 Å². The molecular weight excluding hydrogens is 374 g/mol. The number of piperazine rings is 1. The van der Waals surface area contributed by atoms with Crippen LogP contribution in [0.2, 0.25) is 0 Å². The lowest BCUT2D eigenvalue weighted by molar-refractivity contribution is 0.0527. The highest BCUT2D eigenvalue weighted by Gasteiger charge is 2.27. The average Bonchev–Trinajstić information content (AvgIpc) is 2.92. The smallest absolute Gasteiger partial charge is 0.348 e. The van der Waals surface area contributed by atoms with Gasteiger partial charge in [0.2, 0.25) is 0 Å². The zero-order valence-corrected chi connectivity index (χ0v) is 17.2. The quantitative estimate of drug-likeness (QED) is 0.598. The molecule has 0 radical (unpaired) electrons. The number of nitrogens with zero attached hydrogens (tertiary/aromatic N) is 2. The Bertz CT molecular complexity index is 682. The summed E-state index contributed by atoms with van der Waals surface area (Å²) in [5.74, 6) is -0.917. The SMILES string of the molecule is CCOC(=O)c1sc(NC(=S)N2CCN(C)CC2)c(C(=O)OCC)c1C. The Morgan fingerprint density at radius 2 is 1.69 bits per heavy atom. The molecule has 2 rings (SSSR count). The van der Waals surface area contributed by atoms with Gasteiger partial charge in [-0.15, -0.1) is 11.3 Å². The average molecular weight is 400 g/mol. The molecular formula is C17H25N3O4S2. The summed E-state index contributed by atoms with van der Waals surface area (Å²) >= 11 is 6.68. The number of anilines is 1. The third kappa shape index (κ3) is 4.72. The van der Waals surface area contributed by atoms with Gasteiger partial charge < -0.3 is 24.6 Å². The maximum absolute atomic E-state index is 12.4. The van der Waals surface area contributed by atoms with Crippen molar-refractivity contribution in [3.63, 3.8) is 0 Å². The minimum atomic E-state index is -0.472. The van der Waals surface area contributed by atoms with E-state index in [0.29, 0.717) is 26.1 Å². The Balaban J connectivity index is 2.27. The molecule has 0 spiro atoms. The van der Waals surface area contributed by atoms with Crippen molar-refractivity contribution in [1.29, 1.82) is 0 Å². The van der Waals surface area contributed by atoms with Crippen molar-refractivity contribution in [3.05, 3.63) is 16.0 Å². The van der Waals surface area contributed by atoms with Gasteiger partial charge in [0, 0.05) is 26.2 Å². The molecule has 7 nitrogen and oxygen atoms in total. The Hall–Kier alpha value is -1.71. The molecule has 1 fully saturated rings. The molecule has 1 aliphatic rings. The van der Waals surface area contributed by atoms with Crippen LogP contribution in [0.4, 0.5) is 5.00 Å². The standard InChI is InChI=1S/C17H25N3O4S2/c1-5-23-15(21)12-11(3)13(16(22)24-6-2)26-14(12)18-17(25)20-9-7-19(4)8-10-20/h5-10H2,1-4H3,(H,18,25). The van der Waals surface area contributed by atoms with Gasteiger partial charge in [-0.05, 0) is 45.6 Å². The minimum absolute atomic E-state index is 0.255. The molecule has 0 saturated carbocycles. The van der Waals surface area contributed by atoms with E-state index in [1.54, 1.807) is 20.8 Å². The Kier molecular flexibility index (Phi) is 7.36. The topological polar surface area (TPSA) is 71.1 Å². The van der Waals surface area contributed by atoms with E-state index in [4.69, 9.17) is 21.7 Å². The first-order valence-corrected chi connectivity index (χ1v) is 9.83. The first-order valence-electron chi connectivity index (χ1n) is 8.61. The highest BCUT2D eigenvalue weighted by molar-refractivity contribution is 7.80. The number of hydrogen-bond donors (Lipinski definition) is 1. The molecule has 1 aliphatic heterocycles. The van der Waals surface area contributed by atoms with Gasteiger partial charge in [0.05, 0.1) is 18.8 Å². The normalized spacial score (nSPS) is 14.8. The molecule has 9 heteroatoms. The number of thiocarbonyl (C=S) groups is 1. The summed E-state index contributed by atoms with van der Waals surface area (Å²) < 4.78 is 10.2. The summed E-state index contributed by atoms with van der Waals surface area (Å²) in [5.41, 5.74) is 0.895. The first-order chi connectivity index (χ1) is 12.4. The summed E-state index contributed by atoms with van der Waals surface area (Å²) in [5, 5.41) is 4.20. The van der Waals surface area contributed by atoms with E-state index < -0.39 is 11.9 Å². The van der Waals surface area contributed by atoms with Crippen LogP contribution in [0.25, 0.3) is 0 Å². The predicted octanol–water partition coefficient (Wildman–Crippen LogP) is 2.35. The van der Waals surface area contributed by atoms with Crippen LogP contribution in [0.3, 0.4) is 0 Å². The van der Waals surface area contributed by atoms with Crippen molar-refractivity contribution in [2.45, 2.75) is 20.8 Å². The van der Waals surface area contributed by atoms with E-state index >= 15 is 0 Å². The molecule has 1 N–H and O–H groups in total. The van der Waals surface area contributed by atoms with E-state index in [1.807, 2.05) is 0 Å². The van der Waals surface area contributed by atoms with Gasteiger partial charge in [0.25, 0.3) is 0 Å². The van der Waals surface area contributed by atoms with Crippen molar-refractivity contribution in [1.82, 2.24) is 9.80 Å². The van der Waals surface area contributed by atoms with Crippen LogP contribution in [0.5, 0.6) is 0 Å². The molecule has 144 valence electrons. The lowest BCUT2D eigenvalue weighted by atomic mass is 10.1. The number of hydrogen-bond acceptors (Lipinski definition) is 7. The second-order valence-electron chi connectivity index (χ2n) is 5.92. The molecule has 1 saturated heterocycles. The van der Waals surface area contributed by atoms with Gasteiger partial charge in [-0.1, -0.05) is 0 Å². The number of esters is 2. The summed E-state index contributed by atoms with van der Waals surface area (Å²) in [4.78, 5) is 29.3. The van der Waals surface area contributed by atoms with Crippen molar-refractivity contribution >= 4 is 45.6 Å². The van der Waals surface area contributed by atoms with Gasteiger partial charge >= 0.3 is 11.9 Å². The van der Waals surface area contributed by atoms with E-state index in [9.17, 15) is 9.59 Å². The van der Waals surface area contributed by atoms with Crippen LogP contribution >= 0.6 is 23.6 Å². The van der Waals surface area contributed by atoms with Gasteiger partial charge in [-0.3, -0.25) is 0 Å². The minimum Gasteiger partial charge on any atom is -0.462 e. The van der Waals surface area contributed by atoms with Crippen LogP contribution < -0.4 is 5.32 Å². The van der Waals surface area contributed by atoms with E-state index in [1.165, 1.54) is 11.3 Å². The number of likely N-dealkylation sites (N-methyl/N-ethyl adjacent to an activating group) is 1. The van der Waals surface area contributed by atoms with Crippen LogP contribution in [0, 0.1) is 6.92 Å². The van der Waals surface area contributed by atoms with Gasteiger partial charge in [-0.25, -0.2) is 9.59 Å². The number of carbonyl (C=O) groups is 2. The van der Waals surface area contributed by atoms with E-state index in [-0.39, 0.29) is 13.2 Å². The summed E-state index contributed by atoms with van der Waals surface area (Å²) in [6.45, 7) is 9.20. The van der Waals surface area contributed by atoms with Crippen molar-refractivity contribution < 1.29 is 19.1 Å². The highest BCUT2D eigenvalue weighted by atomic mass is 32.1. The molecule has 0 amide bonds. The summed E-state index contributed by atoms with van der Waals surface area (Å²) in [6.07, 6.45) is 0. The lowest BCUT2D eigenvalue weighted by Crippen LogP contribution is -2.48. The molecule has 1 aromatic heterocycles. The zero-order valence-electron chi connectivity index (χ0n) is 15.6. The fraction of sp³-hybridized carbons (Fsp3) is 0.588. The zero-order chi connectivity index (χ0) is 19.3. The maximum atomic E-state index is 12.4. The van der Waals surface area contributed by atoms with Gasteiger partial charge in [-0.2, -0.15) is 0 Å². The van der Waals surface area contributed by atoms with Crippen molar-refractivity contribution in [2.75, 3.05) is 51.8 Å². The fourth-order valence-corrected chi connectivity index (χ4v) is 4.06. The van der Waals surface area contributed by atoms with Crippen LogP contribution in [-0.2, 0) is 9.47 Å². The molecule has 0 bridgehead atoms. The van der Waals surface area contributed by atoms with Gasteiger partial charge in [0.15, 0.2) is 5.11 Å². The monoisotopic (exact) mass is 399 g/mol. The largest absolute Gasteiger partial charge is 0.462 e. The Morgan fingerprint density at radius 3 is 2.27 bits per heavy atom. The fourth-order valence-electron chi connectivity index (χ4n) is 2.63. The molecule has 0 atom stereocenters. The second kappa shape index (κ2) is 9.29. The van der Waals surface area contributed by atoms with E-state index in [2.05, 4.69) is 22.2 Å². The second-order valence-corrected chi connectivity index (χ2v) is 7.33. The van der Waals surface area contributed by atoms with Crippen LogP contribution in [0.15, 0.2) is 0 Å². The van der Waals surface area contributed by atoms with Crippen molar-refractivity contribution in [2.24, 2.45) is 0 Å². The molecule has 0 aliphatic carbocycles. The number of ether oxygens (including phenoxy) is 2. The predicted molar refractivity (Wildman–Crippen MR) is 106 cm³/mol. The number of carbonyl (C=O) groups excluding carboxylic acids is 2. The molecule has 0 unspecified atom stereocenters. The number of thiophene rings is 1. The Labute approximate surface area is 163 Å². The summed E-state index contributed by atoms with van der Waals surface area (Å²) in [6, 6.07) is 0. The third-order valence-electron chi connectivity index (χ3n) is 4.10. The molecule has 26 heavy (non-hydrogen) atoms. The highest BCUT2D eigenvalue weighted by Crippen LogP contribution is 2.34. The third-order valence-corrected chi connectivity index (χ3v) is 5.65. The van der Waals surface area contributed by atoms with Gasteiger partial charge in [0.1, 0.15) is 9.88 Å². The number of rotatable bonds is 5. The number of nitrogens with one attached hydrogen (secondary N) is 1. The molecule has 0 aromatic carbocycles. The first kappa shape index (κ1) is 20.6. The van der Waals surface area contributed by atoms with E-state index in [0.717, 1.165) is 26.2 Å². The lowest BCUT2D eigenvalue weighted by Gasteiger charge is -2.34. The maximum Gasteiger partial charge on any atom is 0.348 e. The molecule has 2 heterocycles. The Morgan fingerprint density at radius 1 is 1.12 bits per heavy atom. The van der Waals surface area contributed by atoms with Crippen LogP contribution in [-0.4, -0.2) is 73.3 Å². The molecule has 1 aromatic rings. The summed E-state index contributed by atoms with van der Waals surface area (Å²) in [7, 11) is 2.07.